The van der Waals surface area contributed by atoms with Crippen LogP contribution in [0.15, 0.2) is 10.3 Å². The Hall–Kier alpha value is -0.430. The van der Waals surface area contributed by atoms with Gasteiger partial charge in [0.2, 0.25) is 10.0 Å². The zero-order valence-electron chi connectivity index (χ0n) is 10.5. The molecule has 0 amide bonds. The molecule has 1 aromatic heterocycles. The fourth-order valence-electron chi connectivity index (χ4n) is 1.52. The first-order chi connectivity index (χ1) is 8.03. The molecule has 0 fully saturated rings. The molecule has 98 valence electrons. The largest absolute Gasteiger partial charge is 0.312 e. The fourth-order valence-corrected chi connectivity index (χ4v) is 4.43. The molecule has 1 aromatic rings. The van der Waals surface area contributed by atoms with Crippen molar-refractivity contribution in [1.82, 2.24) is 10.0 Å². The third kappa shape index (κ3) is 3.77. The number of rotatable bonds is 7. The first-order valence-corrected chi connectivity index (χ1v) is 8.16. The van der Waals surface area contributed by atoms with Crippen molar-refractivity contribution < 1.29 is 8.42 Å². The van der Waals surface area contributed by atoms with Crippen molar-refractivity contribution >= 4 is 21.4 Å². The molecule has 0 saturated heterocycles. The normalized spacial score (nSPS) is 11.9. The van der Waals surface area contributed by atoms with Crippen molar-refractivity contribution in [1.29, 1.82) is 0 Å². The Morgan fingerprint density at radius 3 is 2.65 bits per heavy atom. The van der Waals surface area contributed by atoms with E-state index in [0.29, 0.717) is 18.0 Å². The maximum Gasteiger partial charge on any atom is 0.241 e. The predicted octanol–water partition coefficient (Wildman–Crippen LogP) is 1.85. The van der Waals surface area contributed by atoms with Gasteiger partial charge in [-0.3, -0.25) is 0 Å². The van der Waals surface area contributed by atoms with Gasteiger partial charge in [0.15, 0.2) is 0 Å². The third-order valence-corrected chi connectivity index (χ3v) is 5.26. The lowest BCUT2D eigenvalue weighted by Gasteiger charge is -2.08. The number of aryl methyl sites for hydroxylation is 1. The van der Waals surface area contributed by atoms with Crippen molar-refractivity contribution in [3.8, 4) is 0 Å². The number of thiophene rings is 1. The van der Waals surface area contributed by atoms with Gasteiger partial charge in [0.1, 0.15) is 4.90 Å². The fraction of sp³-hybridized carbons (Fsp3) is 0.636. The molecule has 17 heavy (non-hydrogen) atoms. The summed E-state index contributed by atoms with van der Waals surface area (Å²) in [6, 6.07) is 0. The van der Waals surface area contributed by atoms with Crippen LogP contribution in [0.25, 0.3) is 0 Å². The lowest BCUT2D eigenvalue weighted by atomic mass is 10.3. The van der Waals surface area contributed by atoms with Gasteiger partial charge in [-0.25, -0.2) is 13.1 Å². The van der Waals surface area contributed by atoms with Crippen LogP contribution >= 0.6 is 11.3 Å². The van der Waals surface area contributed by atoms with Crippen LogP contribution in [-0.4, -0.2) is 21.5 Å². The summed E-state index contributed by atoms with van der Waals surface area (Å²) in [7, 11) is -3.35. The number of hydrogen-bond donors (Lipinski definition) is 2. The summed E-state index contributed by atoms with van der Waals surface area (Å²) in [5, 5.41) is 5.06. The average molecular weight is 276 g/mol. The number of hydrogen-bond acceptors (Lipinski definition) is 4. The molecule has 0 aromatic carbocycles. The highest BCUT2D eigenvalue weighted by Gasteiger charge is 2.21. The first kappa shape index (κ1) is 14.6. The van der Waals surface area contributed by atoms with Gasteiger partial charge in [0, 0.05) is 18.0 Å². The Morgan fingerprint density at radius 1 is 1.35 bits per heavy atom. The lowest BCUT2D eigenvalue weighted by Crippen LogP contribution is -2.26. The molecule has 0 aliphatic heterocycles. The lowest BCUT2D eigenvalue weighted by molar-refractivity contribution is 0.578. The third-order valence-electron chi connectivity index (χ3n) is 2.34. The van der Waals surface area contributed by atoms with Crippen molar-refractivity contribution in [2.75, 3.05) is 13.1 Å². The van der Waals surface area contributed by atoms with Gasteiger partial charge in [0.05, 0.1) is 0 Å². The highest BCUT2D eigenvalue weighted by Crippen LogP contribution is 2.26. The monoisotopic (exact) mass is 276 g/mol. The van der Waals surface area contributed by atoms with Crippen LogP contribution in [0.2, 0.25) is 0 Å². The predicted molar refractivity (Wildman–Crippen MR) is 71.9 cm³/mol. The van der Waals surface area contributed by atoms with E-state index in [1.54, 1.807) is 0 Å². The van der Waals surface area contributed by atoms with Crippen molar-refractivity contribution in [2.45, 2.75) is 38.6 Å². The van der Waals surface area contributed by atoms with E-state index in [1.165, 1.54) is 11.3 Å². The molecular weight excluding hydrogens is 256 g/mol. The van der Waals surface area contributed by atoms with Crippen LogP contribution < -0.4 is 10.0 Å². The smallest absolute Gasteiger partial charge is 0.241 e. The molecule has 0 aliphatic rings. The highest BCUT2D eigenvalue weighted by atomic mass is 32.2. The Bertz CT molecular complexity index is 452. The molecule has 0 saturated carbocycles. The maximum absolute atomic E-state index is 12.1. The van der Waals surface area contributed by atoms with Crippen molar-refractivity contribution in [3.05, 3.63) is 15.8 Å². The van der Waals surface area contributed by atoms with E-state index in [0.717, 1.165) is 23.4 Å². The quantitative estimate of drug-likeness (QED) is 0.799. The molecule has 1 heterocycles. The van der Waals surface area contributed by atoms with E-state index in [9.17, 15) is 8.42 Å². The zero-order chi connectivity index (χ0) is 12.9. The molecule has 0 unspecified atom stereocenters. The SMILES string of the molecule is CCCNS(=O)(=O)c1c(C)csc1CNCC. The summed E-state index contributed by atoms with van der Waals surface area (Å²) in [5.41, 5.74) is 0.825. The summed E-state index contributed by atoms with van der Waals surface area (Å²) >= 11 is 1.49. The Kier molecular flexibility index (Phi) is 5.58. The second-order valence-electron chi connectivity index (χ2n) is 3.85. The minimum Gasteiger partial charge on any atom is -0.312 e. The van der Waals surface area contributed by atoms with E-state index in [2.05, 4.69) is 10.0 Å². The van der Waals surface area contributed by atoms with Crippen molar-refractivity contribution in [2.24, 2.45) is 0 Å². The van der Waals surface area contributed by atoms with Crippen LogP contribution in [0.3, 0.4) is 0 Å². The molecular formula is C11H20N2O2S2. The highest BCUT2D eigenvalue weighted by molar-refractivity contribution is 7.89. The van der Waals surface area contributed by atoms with E-state index in [-0.39, 0.29) is 0 Å². The minimum atomic E-state index is -3.35. The molecule has 0 aliphatic carbocycles. The van der Waals surface area contributed by atoms with Gasteiger partial charge in [-0.2, -0.15) is 0 Å². The Balaban J connectivity index is 2.98. The van der Waals surface area contributed by atoms with Crippen LogP contribution in [0.5, 0.6) is 0 Å². The standard InChI is InChI=1S/C11H20N2O2S2/c1-4-6-13-17(14,15)11-9(3)8-16-10(11)7-12-5-2/h8,12-13H,4-7H2,1-3H3. The second kappa shape index (κ2) is 6.49. The average Bonchev–Trinajstić information content (AvgIpc) is 2.66. The minimum absolute atomic E-state index is 0.455. The first-order valence-electron chi connectivity index (χ1n) is 5.80. The van der Waals surface area contributed by atoms with Gasteiger partial charge < -0.3 is 5.32 Å². The van der Waals surface area contributed by atoms with Gasteiger partial charge in [-0.15, -0.1) is 11.3 Å². The van der Waals surface area contributed by atoms with Crippen molar-refractivity contribution in [3.63, 3.8) is 0 Å². The summed E-state index contributed by atoms with van der Waals surface area (Å²) in [6.07, 6.45) is 0.797. The van der Waals surface area contributed by atoms with E-state index in [1.807, 2.05) is 26.2 Å². The molecule has 4 nitrogen and oxygen atoms in total. The summed E-state index contributed by atoms with van der Waals surface area (Å²) < 4.78 is 26.9. The Morgan fingerprint density at radius 2 is 2.06 bits per heavy atom. The van der Waals surface area contributed by atoms with Crippen LogP contribution in [-0.2, 0) is 16.6 Å². The van der Waals surface area contributed by atoms with E-state index >= 15 is 0 Å². The summed E-state index contributed by atoms with van der Waals surface area (Å²) in [4.78, 5) is 1.34. The summed E-state index contributed by atoms with van der Waals surface area (Å²) in [5.74, 6) is 0. The number of nitrogens with one attached hydrogen (secondary N) is 2. The molecule has 0 spiro atoms. The van der Waals surface area contributed by atoms with Crippen LogP contribution in [0, 0.1) is 6.92 Å². The molecule has 0 atom stereocenters. The van der Waals surface area contributed by atoms with Gasteiger partial charge in [0.25, 0.3) is 0 Å². The Labute approximate surface area is 107 Å². The number of sulfonamides is 1. The topological polar surface area (TPSA) is 58.2 Å². The molecule has 0 radical (unpaired) electrons. The van der Waals surface area contributed by atoms with Gasteiger partial charge in [-0.1, -0.05) is 13.8 Å². The molecule has 6 heteroatoms. The molecule has 1 rings (SSSR count). The van der Waals surface area contributed by atoms with Gasteiger partial charge in [-0.05, 0) is 30.8 Å². The van der Waals surface area contributed by atoms with E-state index in [4.69, 9.17) is 0 Å². The van der Waals surface area contributed by atoms with Crippen LogP contribution in [0.1, 0.15) is 30.7 Å². The van der Waals surface area contributed by atoms with Gasteiger partial charge >= 0.3 is 0 Å². The maximum atomic E-state index is 12.1. The van der Waals surface area contributed by atoms with Crippen LogP contribution in [0.4, 0.5) is 0 Å². The molecule has 2 N–H and O–H groups in total. The zero-order valence-corrected chi connectivity index (χ0v) is 12.2. The van der Waals surface area contributed by atoms with E-state index < -0.39 is 10.0 Å². The summed E-state index contributed by atoms with van der Waals surface area (Å²) in [6.45, 7) is 7.72. The molecule has 0 bridgehead atoms. The second-order valence-corrected chi connectivity index (χ2v) is 6.52.